The maximum Gasteiger partial charge on any atom is 0.416 e. The van der Waals surface area contributed by atoms with Crippen LogP contribution in [-0.4, -0.2) is 37.1 Å². The van der Waals surface area contributed by atoms with Gasteiger partial charge in [0, 0.05) is 11.3 Å². The largest absolute Gasteiger partial charge is 0.416 e. The minimum Gasteiger partial charge on any atom is -0.359 e. The summed E-state index contributed by atoms with van der Waals surface area (Å²) in [5.41, 5.74) is -2.06. The third kappa shape index (κ3) is 4.30. The fraction of sp³-hybridized carbons (Fsp3) is 0.381. The summed E-state index contributed by atoms with van der Waals surface area (Å²) in [6.07, 6.45) is -9.82. The van der Waals surface area contributed by atoms with E-state index in [0.717, 1.165) is 17.7 Å². The maximum absolute atomic E-state index is 13.2. The van der Waals surface area contributed by atoms with Gasteiger partial charge >= 0.3 is 18.3 Å². The van der Waals surface area contributed by atoms with Crippen molar-refractivity contribution >= 4 is 11.6 Å². The molecule has 2 aromatic carbocycles. The predicted octanol–water partition coefficient (Wildman–Crippen LogP) is 5.28. The molecule has 162 valence electrons. The van der Waals surface area contributed by atoms with Crippen LogP contribution in [0.25, 0.3) is 0 Å². The highest BCUT2D eigenvalue weighted by atomic mass is 19.4. The Bertz CT molecular complexity index is 893. The number of alkyl halides is 6. The van der Waals surface area contributed by atoms with E-state index in [1.54, 1.807) is 37.4 Å². The van der Waals surface area contributed by atoms with Crippen molar-refractivity contribution in [3.8, 4) is 0 Å². The van der Waals surface area contributed by atoms with Gasteiger partial charge in [-0.3, -0.25) is 4.48 Å². The summed E-state index contributed by atoms with van der Waals surface area (Å²) in [6, 6.07) is 10.1. The average Bonchev–Trinajstić information content (AvgIpc) is 2.67. The number of hydrogen-bond acceptors (Lipinski definition) is 2. The van der Waals surface area contributed by atoms with Crippen molar-refractivity contribution in [3.05, 3.63) is 65.2 Å². The van der Waals surface area contributed by atoms with Crippen LogP contribution in [0.15, 0.2) is 48.5 Å². The Labute approximate surface area is 170 Å². The molecule has 1 fully saturated rings. The second kappa shape index (κ2) is 7.61. The molecule has 0 N–H and O–H groups in total. The van der Waals surface area contributed by atoms with Crippen molar-refractivity contribution in [2.45, 2.75) is 25.3 Å². The first-order valence-electron chi connectivity index (χ1n) is 9.28. The van der Waals surface area contributed by atoms with E-state index in [1.807, 2.05) is 0 Å². The Kier molecular flexibility index (Phi) is 5.62. The molecular weight excluding hydrogens is 410 g/mol. The number of likely N-dealkylation sites (N-methyl/N-ethyl adjacent to an activating group) is 1. The smallest absolute Gasteiger partial charge is 0.359 e. The fourth-order valence-electron chi connectivity index (χ4n) is 3.81. The highest BCUT2D eigenvalue weighted by Crippen LogP contribution is 2.40. The molecule has 1 saturated heterocycles. The van der Waals surface area contributed by atoms with E-state index in [9.17, 15) is 31.1 Å². The third-order valence-corrected chi connectivity index (χ3v) is 5.76. The number of amides is 1. The van der Waals surface area contributed by atoms with Gasteiger partial charge in [-0.2, -0.15) is 26.3 Å². The molecule has 1 amide bonds. The van der Waals surface area contributed by atoms with Crippen LogP contribution in [0.2, 0.25) is 0 Å². The lowest BCUT2D eigenvalue weighted by molar-refractivity contribution is -0.867. The molecule has 0 spiro atoms. The summed E-state index contributed by atoms with van der Waals surface area (Å²) in [5.74, 6) is -0.122. The Hall–Kier alpha value is -2.55. The van der Waals surface area contributed by atoms with Crippen LogP contribution in [0.3, 0.4) is 0 Å². The topological polar surface area (TPSA) is 20.3 Å². The van der Waals surface area contributed by atoms with Gasteiger partial charge in [-0.15, -0.1) is 0 Å². The van der Waals surface area contributed by atoms with Crippen molar-refractivity contribution in [1.29, 1.82) is 0 Å². The van der Waals surface area contributed by atoms with E-state index < -0.39 is 29.5 Å². The Morgan fingerprint density at radius 2 is 1.50 bits per heavy atom. The zero-order valence-electron chi connectivity index (χ0n) is 16.4. The number of carbonyl (C=O) groups excluding carboxylic acids is 1. The van der Waals surface area contributed by atoms with Crippen molar-refractivity contribution in [3.63, 3.8) is 0 Å². The van der Waals surface area contributed by atoms with E-state index in [1.165, 1.54) is 11.8 Å². The quantitative estimate of drug-likeness (QED) is 0.477. The SMILES string of the molecule is CC(=O)[N+]1(C)CCN(c2cc(C(F)(F)F)cc(C(F)(F)F)c2)CC1c1ccccc1. The molecule has 0 bridgehead atoms. The second-order valence-electron chi connectivity index (χ2n) is 7.65. The van der Waals surface area contributed by atoms with Crippen LogP contribution >= 0.6 is 0 Å². The number of halogens is 6. The molecule has 3 nitrogen and oxygen atoms in total. The normalized spacial score (nSPS) is 22.8. The molecule has 30 heavy (non-hydrogen) atoms. The lowest BCUT2D eigenvalue weighted by Gasteiger charge is -2.46. The molecular formula is C21H21F6N2O+. The molecule has 3 rings (SSSR count). The van der Waals surface area contributed by atoms with Crippen LogP contribution in [0.5, 0.6) is 0 Å². The maximum atomic E-state index is 13.2. The van der Waals surface area contributed by atoms with Gasteiger partial charge in [-0.25, -0.2) is 4.79 Å². The number of piperazine rings is 1. The number of rotatable bonds is 2. The highest BCUT2D eigenvalue weighted by Gasteiger charge is 2.44. The molecule has 1 heterocycles. The first kappa shape index (κ1) is 22.1. The molecule has 9 heteroatoms. The van der Waals surface area contributed by atoms with Crippen LogP contribution in [0.1, 0.15) is 29.7 Å². The molecule has 1 aliphatic heterocycles. The summed E-state index contributed by atoms with van der Waals surface area (Å²) < 4.78 is 79.5. The van der Waals surface area contributed by atoms with Gasteiger partial charge < -0.3 is 4.90 Å². The Morgan fingerprint density at radius 3 is 1.97 bits per heavy atom. The molecule has 0 aromatic heterocycles. The first-order chi connectivity index (χ1) is 13.8. The predicted molar refractivity (Wildman–Crippen MR) is 99.6 cm³/mol. The standard InChI is InChI=1S/C21H21F6N2O/c1-14(30)29(2)9-8-28(13-19(29)15-6-4-3-5-7-15)18-11-16(20(22,23)24)10-17(12-18)21(25,26)27/h3-7,10-12,19H,8-9,13H2,1-2H3/q+1. The van der Waals surface area contributed by atoms with E-state index in [-0.39, 0.29) is 41.8 Å². The van der Waals surface area contributed by atoms with Crippen LogP contribution in [0, 0.1) is 0 Å². The van der Waals surface area contributed by atoms with Gasteiger partial charge in [0.05, 0.1) is 38.2 Å². The molecule has 2 atom stereocenters. The number of carbonyl (C=O) groups is 1. The Balaban J connectivity index is 2.05. The summed E-state index contributed by atoms with van der Waals surface area (Å²) in [5, 5.41) is 0. The first-order valence-corrected chi connectivity index (χ1v) is 9.28. The van der Waals surface area contributed by atoms with Crippen molar-refractivity contribution in [2.24, 2.45) is 0 Å². The van der Waals surface area contributed by atoms with Gasteiger partial charge in [0.25, 0.3) is 0 Å². The average molecular weight is 431 g/mol. The van der Waals surface area contributed by atoms with Gasteiger partial charge in [0.15, 0.2) is 0 Å². The van der Waals surface area contributed by atoms with E-state index in [2.05, 4.69) is 0 Å². The van der Waals surface area contributed by atoms with Crippen LogP contribution < -0.4 is 4.90 Å². The minimum absolute atomic E-state index is 0.0194. The van der Waals surface area contributed by atoms with E-state index >= 15 is 0 Å². The number of quaternary nitrogens is 1. The molecule has 0 saturated carbocycles. The van der Waals surface area contributed by atoms with E-state index in [0.29, 0.717) is 0 Å². The number of nitrogens with zero attached hydrogens (tertiary/aromatic N) is 2. The summed E-state index contributed by atoms with van der Waals surface area (Å²) in [7, 11) is 1.74. The van der Waals surface area contributed by atoms with Crippen molar-refractivity contribution in [1.82, 2.24) is 0 Å². The van der Waals surface area contributed by atoms with Crippen molar-refractivity contribution in [2.75, 3.05) is 31.6 Å². The van der Waals surface area contributed by atoms with Gasteiger partial charge in [-0.05, 0) is 18.2 Å². The number of benzene rings is 2. The zero-order valence-corrected chi connectivity index (χ0v) is 16.4. The Morgan fingerprint density at radius 1 is 0.967 bits per heavy atom. The van der Waals surface area contributed by atoms with Gasteiger partial charge in [-0.1, -0.05) is 30.3 Å². The van der Waals surface area contributed by atoms with Crippen molar-refractivity contribution < 1.29 is 35.6 Å². The summed E-state index contributed by atoms with van der Waals surface area (Å²) >= 11 is 0. The second-order valence-corrected chi connectivity index (χ2v) is 7.65. The monoisotopic (exact) mass is 431 g/mol. The zero-order chi connectivity index (χ0) is 22.3. The summed E-state index contributed by atoms with van der Waals surface area (Å²) in [6.45, 7) is 1.96. The fourth-order valence-corrected chi connectivity index (χ4v) is 3.81. The number of hydrogen-bond donors (Lipinski definition) is 0. The molecule has 0 radical (unpaired) electrons. The summed E-state index contributed by atoms with van der Waals surface area (Å²) in [4.78, 5) is 13.9. The van der Waals surface area contributed by atoms with Gasteiger partial charge in [0.1, 0.15) is 12.6 Å². The van der Waals surface area contributed by atoms with E-state index in [4.69, 9.17) is 0 Å². The lowest BCUT2D eigenvalue weighted by Crippen LogP contribution is -2.61. The molecule has 1 aliphatic rings. The van der Waals surface area contributed by atoms with Crippen LogP contribution in [-0.2, 0) is 17.1 Å². The lowest BCUT2D eigenvalue weighted by atomic mass is 9.98. The minimum atomic E-state index is -4.91. The van der Waals surface area contributed by atoms with Crippen LogP contribution in [0.4, 0.5) is 32.0 Å². The third-order valence-electron chi connectivity index (χ3n) is 5.76. The molecule has 2 aromatic rings. The molecule has 2 unspecified atom stereocenters. The van der Waals surface area contributed by atoms with Gasteiger partial charge in [0.2, 0.25) is 0 Å². The number of anilines is 1. The molecule has 0 aliphatic carbocycles. The highest BCUT2D eigenvalue weighted by molar-refractivity contribution is 5.66.